The first kappa shape index (κ1) is 18.8. The molecule has 2 aromatic carbocycles. The van der Waals surface area contributed by atoms with Gasteiger partial charge in [0.1, 0.15) is 22.3 Å². The number of halogens is 2. The summed E-state index contributed by atoms with van der Waals surface area (Å²) in [6.45, 7) is 3.48. The summed E-state index contributed by atoms with van der Waals surface area (Å²) in [5, 5.41) is 0. The van der Waals surface area contributed by atoms with E-state index in [4.69, 9.17) is 4.74 Å². The third kappa shape index (κ3) is 4.31. The minimum atomic E-state index is -4.35. The van der Waals surface area contributed by atoms with Crippen LogP contribution in [0.3, 0.4) is 0 Å². The van der Waals surface area contributed by atoms with Crippen LogP contribution in [0.2, 0.25) is 0 Å². The van der Waals surface area contributed by atoms with Crippen LogP contribution in [0.1, 0.15) is 22.8 Å². The molecule has 0 aliphatic carbocycles. The average molecular weight is 370 g/mol. The van der Waals surface area contributed by atoms with E-state index in [0.717, 1.165) is 18.2 Å². The Bertz CT molecular complexity index is 901. The van der Waals surface area contributed by atoms with Gasteiger partial charge in [0, 0.05) is 0 Å². The molecule has 0 aliphatic rings. The molecule has 0 bridgehead atoms. The number of sulfonamides is 1. The summed E-state index contributed by atoms with van der Waals surface area (Å²) in [7, 11) is -4.35. The molecule has 9 heteroatoms. The van der Waals surface area contributed by atoms with Gasteiger partial charge in [-0.15, -0.1) is 4.83 Å². The molecular weight excluding hydrogens is 354 g/mol. The van der Waals surface area contributed by atoms with Crippen LogP contribution < -0.4 is 15.0 Å². The first-order valence-electron chi connectivity index (χ1n) is 7.26. The minimum absolute atomic E-state index is 0.160. The third-order valence-corrected chi connectivity index (χ3v) is 4.49. The monoisotopic (exact) mass is 370 g/mol. The molecular formula is C16H16F2N2O4S. The van der Waals surface area contributed by atoms with Crippen molar-refractivity contribution < 1.29 is 26.7 Å². The highest BCUT2D eigenvalue weighted by Gasteiger charge is 2.21. The van der Waals surface area contributed by atoms with Crippen LogP contribution in [0.5, 0.6) is 5.75 Å². The molecule has 0 fully saturated rings. The van der Waals surface area contributed by atoms with Gasteiger partial charge in [0.2, 0.25) is 0 Å². The van der Waals surface area contributed by atoms with E-state index in [2.05, 4.69) is 0 Å². The lowest BCUT2D eigenvalue weighted by atomic mass is 10.1. The number of benzene rings is 2. The van der Waals surface area contributed by atoms with Crippen LogP contribution in [-0.2, 0) is 10.0 Å². The molecule has 2 aromatic rings. The van der Waals surface area contributed by atoms with E-state index >= 15 is 0 Å². The molecule has 2 N–H and O–H groups in total. The zero-order valence-electron chi connectivity index (χ0n) is 13.5. The van der Waals surface area contributed by atoms with Gasteiger partial charge < -0.3 is 4.74 Å². The second-order valence-electron chi connectivity index (χ2n) is 5.02. The van der Waals surface area contributed by atoms with Gasteiger partial charge >= 0.3 is 0 Å². The van der Waals surface area contributed by atoms with E-state index in [1.165, 1.54) is 25.1 Å². The number of ether oxygens (including phenoxy) is 1. The lowest BCUT2D eigenvalue weighted by molar-refractivity contribution is 0.0940. The third-order valence-electron chi connectivity index (χ3n) is 3.21. The summed E-state index contributed by atoms with van der Waals surface area (Å²) < 4.78 is 57.0. The van der Waals surface area contributed by atoms with Crippen LogP contribution in [-0.4, -0.2) is 20.9 Å². The fourth-order valence-electron chi connectivity index (χ4n) is 2.05. The Morgan fingerprint density at radius 1 is 1.20 bits per heavy atom. The van der Waals surface area contributed by atoms with Crippen LogP contribution in [0.15, 0.2) is 41.3 Å². The number of amides is 1. The van der Waals surface area contributed by atoms with E-state index in [9.17, 15) is 22.0 Å². The highest BCUT2D eigenvalue weighted by molar-refractivity contribution is 7.89. The molecule has 0 spiro atoms. The molecule has 2 rings (SSSR count). The molecule has 25 heavy (non-hydrogen) atoms. The summed E-state index contributed by atoms with van der Waals surface area (Å²) in [5.41, 5.74) is 1.62. The number of hydrogen-bond acceptors (Lipinski definition) is 4. The smallest absolute Gasteiger partial charge is 0.269 e. The van der Waals surface area contributed by atoms with Gasteiger partial charge in [-0.25, -0.2) is 17.2 Å². The number of aryl methyl sites for hydroxylation is 1. The second-order valence-corrected chi connectivity index (χ2v) is 6.68. The van der Waals surface area contributed by atoms with Crippen LogP contribution >= 0.6 is 0 Å². The highest BCUT2D eigenvalue weighted by atomic mass is 32.2. The number of carbonyl (C=O) groups excluding carboxylic acids is 1. The van der Waals surface area contributed by atoms with Gasteiger partial charge in [-0.1, -0.05) is 12.1 Å². The molecule has 0 aromatic heterocycles. The van der Waals surface area contributed by atoms with Crippen molar-refractivity contribution in [2.45, 2.75) is 18.7 Å². The number of nitrogens with one attached hydrogen (secondary N) is 2. The summed E-state index contributed by atoms with van der Waals surface area (Å²) in [6, 6.07) is 7.21. The molecule has 0 unspecified atom stereocenters. The Balaban J connectivity index is 2.22. The van der Waals surface area contributed by atoms with Crippen molar-refractivity contribution in [3.63, 3.8) is 0 Å². The molecule has 6 nitrogen and oxygen atoms in total. The zero-order chi connectivity index (χ0) is 18.6. The van der Waals surface area contributed by atoms with Crippen molar-refractivity contribution >= 4 is 15.9 Å². The Hall–Kier alpha value is -2.52. The lowest BCUT2D eigenvalue weighted by Gasteiger charge is -2.12. The number of hydrogen-bond donors (Lipinski definition) is 2. The van der Waals surface area contributed by atoms with Crippen molar-refractivity contribution in [2.24, 2.45) is 0 Å². The van der Waals surface area contributed by atoms with Crippen molar-refractivity contribution in [1.82, 2.24) is 10.3 Å². The predicted molar refractivity (Wildman–Crippen MR) is 86.5 cm³/mol. The SMILES string of the molecule is CCOc1cc(C)c(F)c(C(=O)NNS(=O)(=O)c2ccccc2F)c1. The van der Waals surface area contributed by atoms with Gasteiger partial charge in [0.05, 0.1) is 12.2 Å². The molecule has 1 amide bonds. The maximum Gasteiger partial charge on any atom is 0.269 e. The number of rotatable bonds is 6. The molecule has 0 radical (unpaired) electrons. The van der Waals surface area contributed by atoms with Crippen molar-refractivity contribution in [1.29, 1.82) is 0 Å². The summed E-state index contributed by atoms with van der Waals surface area (Å²) in [6.07, 6.45) is 0. The molecule has 0 atom stereocenters. The van der Waals surface area contributed by atoms with Crippen LogP contribution in [0.25, 0.3) is 0 Å². The Morgan fingerprint density at radius 3 is 2.52 bits per heavy atom. The average Bonchev–Trinajstić information content (AvgIpc) is 2.56. The lowest BCUT2D eigenvalue weighted by Crippen LogP contribution is -2.42. The van der Waals surface area contributed by atoms with E-state index in [-0.39, 0.29) is 11.3 Å². The van der Waals surface area contributed by atoms with E-state index < -0.39 is 38.0 Å². The number of hydrazine groups is 1. The first-order chi connectivity index (χ1) is 11.8. The highest BCUT2D eigenvalue weighted by Crippen LogP contribution is 2.21. The Kier molecular flexibility index (Phi) is 5.70. The van der Waals surface area contributed by atoms with E-state index in [1.54, 1.807) is 11.8 Å². The van der Waals surface area contributed by atoms with Gasteiger partial charge in [-0.05, 0) is 43.7 Å². The topological polar surface area (TPSA) is 84.5 Å². The van der Waals surface area contributed by atoms with Crippen LogP contribution in [0, 0.1) is 18.6 Å². The molecule has 0 aliphatic heterocycles. The normalized spacial score (nSPS) is 11.2. The van der Waals surface area contributed by atoms with E-state index in [0.29, 0.717) is 6.61 Å². The van der Waals surface area contributed by atoms with Crippen LogP contribution in [0.4, 0.5) is 8.78 Å². The Morgan fingerprint density at radius 2 is 1.88 bits per heavy atom. The molecule has 134 valence electrons. The maximum atomic E-state index is 14.1. The van der Waals surface area contributed by atoms with Gasteiger partial charge in [-0.3, -0.25) is 10.2 Å². The molecule has 0 saturated heterocycles. The molecule has 0 heterocycles. The second kappa shape index (κ2) is 7.58. The first-order valence-corrected chi connectivity index (χ1v) is 8.74. The van der Waals surface area contributed by atoms with Crippen molar-refractivity contribution in [3.8, 4) is 5.75 Å². The van der Waals surface area contributed by atoms with Crippen molar-refractivity contribution in [3.05, 3.63) is 59.2 Å². The van der Waals surface area contributed by atoms with Gasteiger partial charge in [0.25, 0.3) is 15.9 Å². The van der Waals surface area contributed by atoms with Crippen molar-refractivity contribution in [2.75, 3.05) is 6.61 Å². The summed E-state index contributed by atoms with van der Waals surface area (Å²) in [4.78, 5) is 13.2. The summed E-state index contributed by atoms with van der Waals surface area (Å²) in [5.74, 6) is -2.57. The fourth-order valence-corrected chi connectivity index (χ4v) is 2.97. The van der Waals surface area contributed by atoms with Gasteiger partial charge in [-0.2, -0.15) is 0 Å². The largest absolute Gasteiger partial charge is 0.494 e. The van der Waals surface area contributed by atoms with E-state index in [1.807, 2.05) is 5.43 Å². The number of carbonyl (C=O) groups is 1. The standard InChI is InChI=1S/C16H16F2N2O4S/c1-3-24-11-8-10(2)15(18)12(9-11)16(21)19-20-25(22,23)14-7-5-4-6-13(14)17/h4-9,20H,3H2,1-2H3,(H,19,21). The summed E-state index contributed by atoms with van der Waals surface area (Å²) >= 11 is 0. The fraction of sp³-hybridized carbons (Fsp3) is 0.188. The quantitative estimate of drug-likeness (QED) is 0.764. The van der Waals surface area contributed by atoms with Gasteiger partial charge in [0.15, 0.2) is 0 Å². The Labute approximate surface area is 143 Å². The maximum absolute atomic E-state index is 14.1. The zero-order valence-corrected chi connectivity index (χ0v) is 14.3. The predicted octanol–water partition coefficient (Wildman–Crippen LogP) is 2.30. The molecule has 0 saturated carbocycles. The minimum Gasteiger partial charge on any atom is -0.494 e.